The van der Waals surface area contributed by atoms with Crippen LogP contribution in [0.4, 0.5) is 0 Å². The molecule has 0 aliphatic carbocycles. The number of methoxy groups -OCH3 is 2. The van der Waals surface area contributed by atoms with Crippen molar-refractivity contribution in [3.8, 4) is 23.0 Å². The first-order chi connectivity index (χ1) is 12.6. The van der Waals surface area contributed by atoms with Gasteiger partial charge in [-0.05, 0) is 24.3 Å². The average molecular weight is 375 g/mol. The van der Waals surface area contributed by atoms with Gasteiger partial charge in [-0.1, -0.05) is 23.7 Å². The molecule has 0 aliphatic heterocycles. The van der Waals surface area contributed by atoms with E-state index in [1.165, 1.54) is 14.2 Å². The van der Waals surface area contributed by atoms with E-state index in [9.17, 15) is 4.79 Å². The third kappa shape index (κ3) is 3.78. The number of aromatic nitrogens is 2. The van der Waals surface area contributed by atoms with Crippen molar-refractivity contribution in [2.75, 3.05) is 14.2 Å². The Hall–Kier alpha value is -3.06. The number of hydrogen-bond donors (Lipinski definition) is 0. The van der Waals surface area contributed by atoms with E-state index in [-0.39, 0.29) is 24.0 Å². The van der Waals surface area contributed by atoms with Gasteiger partial charge in [0.05, 0.1) is 24.8 Å². The summed E-state index contributed by atoms with van der Waals surface area (Å²) in [4.78, 5) is 12.3. The summed E-state index contributed by atoms with van der Waals surface area (Å²) in [7, 11) is 2.98. The van der Waals surface area contributed by atoms with Crippen LogP contribution in [-0.2, 0) is 11.3 Å². The van der Waals surface area contributed by atoms with Gasteiger partial charge in [-0.25, -0.2) is 4.79 Å². The highest BCUT2D eigenvalue weighted by Crippen LogP contribution is 2.27. The number of nitrogens with zero attached hydrogens (tertiary/aromatic N) is 2. The zero-order valence-electron chi connectivity index (χ0n) is 14.1. The Labute approximate surface area is 154 Å². The van der Waals surface area contributed by atoms with Gasteiger partial charge in [0, 0.05) is 6.07 Å². The first-order valence-corrected chi connectivity index (χ1v) is 7.96. The molecular weight excluding hydrogens is 360 g/mol. The van der Waals surface area contributed by atoms with E-state index in [0.717, 1.165) is 0 Å². The first kappa shape index (κ1) is 17.8. The average Bonchev–Trinajstić information content (AvgIpc) is 3.14. The van der Waals surface area contributed by atoms with E-state index in [1.807, 2.05) is 0 Å². The molecule has 2 aromatic carbocycles. The Morgan fingerprint density at radius 2 is 1.92 bits per heavy atom. The Morgan fingerprint density at radius 3 is 2.65 bits per heavy atom. The maximum atomic E-state index is 12.3. The van der Waals surface area contributed by atoms with Crippen LogP contribution in [0.15, 0.2) is 46.9 Å². The SMILES string of the molecule is COc1ccc(C(=O)OCc2nnc(-c3ccccc3Cl)o2)c(OC)c1. The molecule has 3 aromatic rings. The molecular formula is C18H15ClN2O5. The van der Waals surface area contributed by atoms with Crippen LogP contribution in [0.2, 0.25) is 5.02 Å². The minimum Gasteiger partial charge on any atom is -0.497 e. The molecule has 8 heteroatoms. The minimum atomic E-state index is -0.581. The van der Waals surface area contributed by atoms with E-state index in [2.05, 4.69) is 10.2 Å². The van der Waals surface area contributed by atoms with Crippen LogP contribution in [-0.4, -0.2) is 30.4 Å². The quantitative estimate of drug-likeness (QED) is 0.607. The monoisotopic (exact) mass is 374 g/mol. The lowest BCUT2D eigenvalue weighted by molar-refractivity contribution is 0.0435. The molecule has 26 heavy (non-hydrogen) atoms. The normalized spacial score (nSPS) is 10.4. The van der Waals surface area contributed by atoms with Crippen molar-refractivity contribution in [1.82, 2.24) is 10.2 Å². The molecule has 0 bridgehead atoms. The molecule has 1 aromatic heterocycles. The summed E-state index contributed by atoms with van der Waals surface area (Å²) >= 11 is 6.10. The van der Waals surface area contributed by atoms with Crippen LogP contribution in [0.25, 0.3) is 11.5 Å². The van der Waals surface area contributed by atoms with Crippen molar-refractivity contribution in [2.45, 2.75) is 6.61 Å². The van der Waals surface area contributed by atoms with Gasteiger partial charge in [-0.3, -0.25) is 0 Å². The van der Waals surface area contributed by atoms with Crippen molar-refractivity contribution in [2.24, 2.45) is 0 Å². The summed E-state index contributed by atoms with van der Waals surface area (Å²) in [6, 6.07) is 11.9. The zero-order valence-corrected chi connectivity index (χ0v) is 14.8. The molecule has 1 heterocycles. The molecule has 0 atom stereocenters. The fraction of sp³-hybridized carbons (Fsp3) is 0.167. The molecule has 0 N–H and O–H groups in total. The fourth-order valence-corrected chi connectivity index (χ4v) is 2.44. The number of halogens is 1. The molecule has 3 rings (SSSR count). The molecule has 0 radical (unpaired) electrons. The highest BCUT2D eigenvalue weighted by Gasteiger charge is 2.17. The Kier molecular flexibility index (Phi) is 5.38. The highest BCUT2D eigenvalue weighted by atomic mass is 35.5. The van der Waals surface area contributed by atoms with Gasteiger partial charge in [-0.2, -0.15) is 0 Å². The molecule has 0 aliphatic rings. The number of carbonyl (C=O) groups is 1. The van der Waals surface area contributed by atoms with Gasteiger partial charge in [0.15, 0.2) is 6.61 Å². The summed E-state index contributed by atoms with van der Waals surface area (Å²) in [5.41, 5.74) is 0.871. The molecule has 7 nitrogen and oxygen atoms in total. The standard InChI is InChI=1S/C18H15ClN2O5/c1-23-11-7-8-13(15(9-11)24-2)18(22)25-10-16-20-21-17(26-16)12-5-3-4-6-14(12)19/h3-9H,10H2,1-2H3. The van der Waals surface area contributed by atoms with Gasteiger partial charge in [0.25, 0.3) is 5.89 Å². The number of rotatable bonds is 6. The predicted octanol–water partition coefficient (Wildman–Crippen LogP) is 3.76. The topological polar surface area (TPSA) is 83.7 Å². The predicted molar refractivity (Wildman–Crippen MR) is 93.4 cm³/mol. The van der Waals surface area contributed by atoms with Gasteiger partial charge in [0.2, 0.25) is 5.89 Å². The van der Waals surface area contributed by atoms with E-state index in [1.54, 1.807) is 42.5 Å². The van der Waals surface area contributed by atoms with Crippen LogP contribution in [0.1, 0.15) is 16.2 Å². The third-order valence-corrected chi connectivity index (χ3v) is 3.86. The number of esters is 1. The molecule has 0 spiro atoms. The fourth-order valence-electron chi connectivity index (χ4n) is 2.23. The maximum absolute atomic E-state index is 12.3. The van der Waals surface area contributed by atoms with E-state index >= 15 is 0 Å². The van der Waals surface area contributed by atoms with Crippen LogP contribution in [0, 0.1) is 0 Å². The van der Waals surface area contributed by atoms with E-state index < -0.39 is 5.97 Å². The van der Waals surface area contributed by atoms with Gasteiger partial charge in [-0.15, -0.1) is 10.2 Å². The second-order valence-electron chi connectivity index (χ2n) is 5.12. The summed E-state index contributed by atoms with van der Waals surface area (Å²) in [5, 5.41) is 8.27. The molecule has 0 saturated carbocycles. The number of hydrogen-bond acceptors (Lipinski definition) is 7. The third-order valence-electron chi connectivity index (χ3n) is 3.53. The summed E-state index contributed by atoms with van der Waals surface area (Å²) in [6.07, 6.45) is 0. The van der Waals surface area contributed by atoms with Crippen molar-refractivity contribution < 1.29 is 23.4 Å². The molecule has 0 fully saturated rings. The lowest BCUT2D eigenvalue weighted by atomic mass is 10.2. The molecule has 0 unspecified atom stereocenters. The highest BCUT2D eigenvalue weighted by molar-refractivity contribution is 6.33. The maximum Gasteiger partial charge on any atom is 0.342 e. The lowest BCUT2D eigenvalue weighted by Crippen LogP contribution is -2.07. The van der Waals surface area contributed by atoms with Gasteiger partial charge < -0.3 is 18.6 Å². The van der Waals surface area contributed by atoms with Crippen LogP contribution in [0.5, 0.6) is 11.5 Å². The van der Waals surface area contributed by atoms with Crippen LogP contribution >= 0.6 is 11.6 Å². The summed E-state index contributed by atoms with van der Waals surface area (Å²) in [6.45, 7) is -0.175. The Bertz CT molecular complexity index is 925. The number of ether oxygens (including phenoxy) is 3. The smallest absolute Gasteiger partial charge is 0.342 e. The summed E-state index contributed by atoms with van der Waals surface area (Å²) < 4.78 is 21.0. The van der Waals surface area contributed by atoms with Crippen molar-refractivity contribution in [3.05, 3.63) is 58.9 Å². The van der Waals surface area contributed by atoms with Gasteiger partial charge in [0.1, 0.15) is 17.1 Å². The van der Waals surface area contributed by atoms with E-state index in [4.69, 9.17) is 30.2 Å². The largest absolute Gasteiger partial charge is 0.497 e. The van der Waals surface area contributed by atoms with E-state index in [0.29, 0.717) is 22.1 Å². The second kappa shape index (κ2) is 7.88. The van der Waals surface area contributed by atoms with Gasteiger partial charge >= 0.3 is 5.97 Å². The first-order valence-electron chi connectivity index (χ1n) is 7.59. The van der Waals surface area contributed by atoms with Crippen molar-refractivity contribution >= 4 is 17.6 Å². The Morgan fingerprint density at radius 1 is 1.12 bits per heavy atom. The molecule has 134 valence electrons. The number of carbonyl (C=O) groups excluding carboxylic acids is 1. The van der Waals surface area contributed by atoms with Crippen LogP contribution < -0.4 is 9.47 Å². The Balaban J connectivity index is 1.70. The lowest BCUT2D eigenvalue weighted by Gasteiger charge is -2.09. The second-order valence-corrected chi connectivity index (χ2v) is 5.53. The van der Waals surface area contributed by atoms with Crippen molar-refractivity contribution in [3.63, 3.8) is 0 Å². The number of benzene rings is 2. The zero-order chi connectivity index (χ0) is 18.5. The minimum absolute atomic E-state index is 0.153. The molecule has 0 saturated heterocycles. The molecule has 0 amide bonds. The summed E-state index contributed by atoms with van der Waals surface area (Å²) in [5.74, 6) is 0.739. The van der Waals surface area contributed by atoms with Crippen molar-refractivity contribution in [1.29, 1.82) is 0 Å². The van der Waals surface area contributed by atoms with Crippen LogP contribution in [0.3, 0.4) is 0 Å².